The van der Waals surface area contributed by atoms with Crippen molar-refractivity contribution in [1.82, 2.24) is 0 Å². The number of hydrogen-bond donors (Lipinski definition) is 0. The molecule has 0 saturated heterocycles. The molecular weight excluding hydrogens is 112 g/mol. The molecule has 0 N–H and O–H groups in total. The fraction of sp³-hybridized carbons (Fsp3) is 0.250. The molecule has 1 aromatic rings. The van der Waals surface area contributed by atoms with Crippen LogP contribution in [0.5, 0.6) is 0 Å². The Morgan fingerprint density at radius 2 is 2.56 bits per heavy atom. The minimum Gasteiger partial charge on any atom is -0.472 e. The minimum absolute atomic E-state index is 1.07. The summed E-state index contributed by atoms with van der Waals surface area (Å²) in [6.45, 7) is 2.11. The van der Waals surface area contributed by atoms with Crippen LogP contribution in [0, 0.1) is 0 Å². The summed E-state index contributed by atoms with van der Waals surface area (Å²) in [5, 5.41) is 0. The molecule has 0 atom stereocenters. The molecule has 0 aliphatic carbocycles. The van der Waals surface area contributed by atoms with E-state index in [0.29, 0.717) is 0 Å². The normalized spacial score (nSPS) is 10.8. The highest BCUT2D eigenvalue weighted by molar-refractivity contribution is 5.46. The maximum atomic E-state index is 4.86. The van der Waals surface area contributed by atoms with Crippen LogP contribution in [0.1, 0.15) is 18.9 Å². The molecule has 1 rings (SSSR count). The Bertz CT molecular complexity index is 172. The van der Waals surface area contributed by atoms with Gasteiger partial charge in [-0.15, -0.1) is 0 Å². The highest BCUT2D eigenvalue weighted by Gasteiger charge is 1.82. The molecule has 0 aliphatic rings. The summed E-state index contributed by atoms with van der Waals surface area (Å²) >= 11 is 0. The quantitative estimate of drug-likeness (QED) is 0.587. The van der Waals surface area contributed by atoms with Gasteiger partial charge in [0.2, 0.25) is 0 Å². The predicted octanol–water partition coefficient (Wildman–Crippen LogP) is 2.70. The molecule has 48 valence electrons. The maximum Gasteiger partial charge on any atom is 0.0974 e. The van der Waals surface area contributed by atoms with Crippen LogP contribution in [0.2, 0.25) is 0 Å². The molecule has 0 saturated carbocycles. The Kier molecular flexibility index (Phi) is 2.13. The maximum absolute atomic E-state index is 4.86. The van der Waals surface area contributed by atoms with Crippen molar-refractivity contribution in [3.05, 3.63) is 30.2 Å². The molecule has 0 aromatic carbocycles. The molecule has 0 unspecified atom stereocenters. The van der Waals surface area contributed by atoms with Gasteiger partial charge in [0.25, 0.3) is 0 Å². The summed E-state index contributed by atoms with van der Waals surface area (Å²) in [5.41, 5.74) is 1.14. The first-order valence-corrected chi connectivity index (χ1v) is 3.12. The summed E-state index contributed by atoms with van der Waals surface area (Å²) in [5.74, 6) is 0. The number of allylic oxidation sites excluding steroid dienone is 1. The van der Waals surface area contributed by atoms with Crippen LogP contribution in [0.4, 0.5) is 0 Å². The first kappa shape index (κ1) is 6.14. The lowest BCUT2D eigenvalue weighted by molar-refractivity contribution is 0.567. The van der Waals surface area contributed by atoms with E-state index in [9.17, 15) is 0 Å². The lowest BCUT2D eigenvalue weighted by Gasteiger charge is -1.77. The molecule has 1 nitrogen and oxygen atoms in total. The SMILES string of the molecule is CC/C=C/c1ccoc1. The second-order valence-electron chi connectivity index (χ2n) is 1.87. The fourth-order valence-corrected chi connectivity index (χ4v) is 0.624. The van der Waals surface area contributed by atoms with Crippen LogP contribution < -0.4 is 0 Å². The molecule has 0 spiro atoms. The Hall–Kier alpha value is -0.980. The Balaban J connectivity index is 2.57. The van der Waals surface area contributed by atoms with Crippen molar-refractivity contribution in [1.29, 1.82) is 0 Å². The van der Waals surface area contributed by atoms with E-state index in [4.69, 9.17) is 4.42 Å². The highest BCUT2D eigenvalue weighted by Crippen LogP contribution is 2.02. The van der Waals surface area contributed by atoms with E-state index in [1.54, 1.807) is 12.5 Å². The van der Waals surface area contributed by atoms with E-state index in [1.165, 1.54) is 0 Å². The van der Waals surface area contributed by atoms with Gasteiger partial charge in [-0.25, -0.2) is 0 Å². The van der Waals surface area contributed by atoms with Crippen molar-refractivity contribution >= 4 is 6.08 Å². The van der Waals surface area contributed by atoms with Gasteiger partial charge in [0, 0.05) is 5.56 Å². The first-order chi connectivity index (χ1) is 4.43. The van der Waals surface area contributed by atoms with Crippen LogP contribution in [0.25, 0.3) is 6.08 Å². The van der Waals surface area contributed by atoms with Crippen molar-refractivity contribution < 1.29 is 4.42 Å². The zero-order valence-electron chi connectivity index (χ0n) is 5.50. The standard InChI is InChI=1S/C8H10O/c1-2-3-4-8-5-6-9-7-8/h3-7H,2H2,1H3/b4-3+. The van der Waals surface area contributed by atoms with Gasteiger partial charge >= 0.3 is 0 Å². The van der Waals surface area contributed by atoms with Crippen LogP contribution in [-0.2, 0) is 0 Å². The van der Waals surface area contributed by atoms with Gasteiger partial charge in [-0.1, -0.05) is 19.1 Å². The molecule has 0 amide bonds. The van der Waals surface area contributed by atoms with Crippen molar-refractivity contribution in [2.24, 2.45) is 0 Å². The molecule has 0 fully saturated rings. The second kappa shape index (κ2) is 3.13. The smallest absolute Gasteiger partial charge is 0.0974 e. The average molecular weight is 122 g/mol. The Morgan fingerprint density at radius 1 is 1.67 bits per heavy atom. The Morgan fingerprint density at radius 3 is 3.11 bits per heavy atom. The molecule has 1 heterocycles. The summed E-state index contributed by atoms with van der Waals surface area (Å²) in [7, 11) is 0. The summed E-state index contributed by atoms with van der Waals surface area (Å²) in [4.78, 5) is 0. The number of furan rings is 1. The molecular formula is C8H10O. The van der Waals surface area contributed by atoms with E-state index in [1.807, 2.05) is 12.1 Å². The van der Waals surface area contributed by atoms with Crippen LogP contribution in [-0.4, -0.2) is 0 Å². The van der Waals surface area contributed by atoms with Gasteiger partial charge in [0.15, 0.2) is 0 Å². The van der Waals surface area contributed by atoms with Gasteiger partial charge < -0.3 is 4.42 Å². The van der Waals surface area contributed by atoms with Crippen molar-refractivity contribution in [2.45, 2.75) is 13.3 Å². The minimum atomic E-state index is 1.07. The third kappa shape index (κ3) is 1.76. The lowest BCUT2D eigenvalue weighted by Crippen LogP contribution is -1.57. The average Bonchev–Trinajstić information content (AvgIpc) is 2.34. The third-order valence-corrected chi connectivity index (χ3v) is 1.09. The summed E-state index contributed by atoms with van der Waals surface area (Å²) in [6.07, 6.45) is 8.63. The second-order valence-corrected chi connectivity index (χ2v) is 1.87. The van der Waals surface area contributed by atoms with Crippen molar-refractivity contribution in [3.8, 4) is 0 Å². The van der Waals surface area contributed by atoms with Crippen molar-refractivity contribution in [3.63, 3.8) is 0 Å². The molecule has 1 aromatic heterocycles. The van der Waals surface area contributed by atoms with E-state index >= 15 is 0 Å². The fourth-order valence-electron chi connectivity index (χ4n) is 0.624. The molecule has 9 heavy (non-hydrogen) atoms. The van der Waals surface area contributed by atoms with Gasteiger partial charge in [0.1, 0.15) is 0 Å². The Labute approximate surface area is 55.0 Å². The lowest BCUT2D eigenvalue weighted by atomic mass is 10.3. The third-order valence-electron chi connectivity index (χ3n) is 1.09. The van der Waals surface area contributed by atoms with E-state index in [-0.39, 0.29) is 0 Å². The molecule has 0 bridgehead atoms. The summed E-state index contributed by atoms with van der Waals surface area (Å²) in [6, 6.07) is 1.94. The zero-order chi connectivity index (χ0) is 6.53. The van der Waals surface area contributed by atoms with E-state index in [2.05, 4.69) is 13.0 Å². The largest absolute Gasteiger partial charge is 0.472 e. The topological polar surface area (TPSA) is 13.1 Å². The van der Waals surface area contributed by atoms with Crippen molar-refractivity contribution in [2.75, 3.05) is 0 Å². The number of rotatable bonds is 2. The van der Waals surface area contributed by atoms with Gasteiger partial charge in [-0.05, 0) is 12.5 Å². The first-order valence-electron chi connectivity index (χ1n) is 3.12. The highest BCUT2D eigenvalue weighted by atomic mass is 16.3. The van der Waals surface area contributed by atoms with Crippen LogP contribution in [0.15, 0.2) is 29.1 Å². The van der Waals surface area contributed by atoms with E-state index < -0.39 is 0 Å². The van der Waals surface area contributed by atoms with Gasteiger partial charge in [0.05, 0.1) is 12.5 Å². The van der Waals surface area contributed by atoms with Gasteiger partial charge in [-0.3, -0.25) is 0 Å². The molecule has 0 aliphatic heterocycles. The molecule has 0 radical (unpaired) electrons. The summed E-state index contributed by atoms with van der Waals surface area (Å²) < 4.78 is 4.86. The van der Waals surface area contributed by atoms with Crippen LogP contribution >= 0.6 is 0 Å². The van der Waals surface area contributed by atoms with E-state index in [0.717, 1.165) is 12.0 Å². The molecule has 1 heteroatoms. The number of hydrogen-bond acceptors (Lipinski definition) is 1. The monoisotopic (exact) mass is 122 g/mol. The zero-order valence-corrected chi connectivity index (χ0v) is 5.50. The predicted molar refractivity (Wildman–Crippen MR) is 38.0 cm³/mol. The van der Waals surface area contributed by atoms with Crippen LogP contribution in [0.3, 0.4) is 0 Å². The van der Waals surface area contributed by atoms with Gasteiger partial charge in [-0.2, -0.15) is 0 Å².